The molecule has 0 spiro atoms. The molecule has 0 saturated carbocycles. The molecule has 0 aliphatic heterocycles. The van der Waals surface area contributed by atoms with Gasteiger partial charge in [0.05, 0.1) is 12.3 Å². The highest BCUT2D eigenvalue weighted by Crippen LogP contribution is 2.21. The van der Waals surface area contributed by atoms with E-state index < -0.39 is 0 Å². The molecule has 0 unspecified atom stereocenters. The van der Waals surface area contributed by atoms with Gasteiger partial charge in [-0.25, -0.2) is 4.79 Å². The lowest BCUT2D eigenvalue weighted by Crippen LogP contribution is -2.06. The van der Waals surface area contributed by atoms with E-state index in [2.05, 4.69) is 5.10 Å². The van der Waals surface area contributed by atoms with E-state index in [1.165, 1.54) is 0 Å². The van der Waals surface area contributed by atoms with Gasteiger partial charge >= 0.3 is 5.97 Å². The molecule has 0 amide bonds. The lowest BCUT2D eigenvalue weighted by atomic mass is 10.0. The highest BCUT2D eigenvalue weighted by atomic mass is 16.5. The summed E-state index contributed by atoms with van der Waals surface area (Å²) in [7, 11) is 1.86. The maximum Gasteiger partial charge on any atom is 0.333 e. The Bertz CT molecular complexity index is 430. The fourth-order valence-corrected chi connectivity index (χ4v) is 1.56. The highest BCUT2D eigenvalue weighted by molar-refractivity contribution is 5.96. The number of hydrogen-bond donors (Lipinski definition) is 0. The molecule has 16 heavy (non-hydrogen) atoms. The molecular weight excluding hydrogens is 204 g/mol. The van der Waals surface area contributed by atoms with Crippen LogP contribution in [0.5, 0.6) is 0 Å². The number of aryl methyl sites for hydroxylation is 2. The molecule has 0 radical (unpaired) electrons. The van der Waals surface area contributed by atoms with Crippen molar-refractivity contribution in [1.29, 1.82) is 0 Å². The second-order valence-corrected chi connectivity index (χ2v) is 3.77. The lowest BCUT2D eigenvalue weighted by Gasteiger charge is -2.06. The molecule has 1 rings (SSSR count). The Balaban J connectivity index is 3.08. The number of ether oxygens (including phenoxy) is 1. The molecule has 0 aliphatic carbocycles. The summed E-state index contributed by atoms with van der Waals surface area (Å²) in [5.74, 6) is -0.261. The van der Waals surface area contributed by atoms with E-state index >= 15 is 0 Å². The number of aromatic nitrogens is 2. The maximum atomic E-state index is 11.6. The zero-order valence-corrected chi connectivity index (χ0v) is 10.5. The first-order valence-corrected chi connectivity index (χ1v) is 5.32. The Morgan fingerprint density at radius 3 is 2.56 bits per heavy atom. The average Bonchev–Trinajstić information content (AvgIpc) is 2.56. The monoisotopic (exact) mass is 222 g/mol. The molecule has 1 aromatic heterocycles. The summed E-state index contributed by atoms with van der Waals surface area (Å²) >= 11 is 0. The van der Waals surface area contributed by atoms with E-state index in [1.807, 2.05) is 27.1 Å². The Labute approximate surface area is 95.9 Å². The first-order valence-electron chi connectivity index (χ1n) is 5.32. The van der Waals surface area contributed by atoms with Gasteiger partial charge in [-0.15, -0.1) is 0 Å². The molecule has 0 aromatic carbocycles. The molecule has 0 fully saturated rings. The summed E-state index contributed by atoms with van der Waals surface area (Å²) in [6, 6.07) is 0. The summed E-state index contributed by atoms with van der Waals surface area (Å²) in [6.07, 6.45) is 1.91. The van der Waals surface area contributed by atoms with E-state index in [4.69, 9.17) is 4.74 Å². The molecule has 1 aromatic rings. The van der Waals surface area contributed by atoms with Gasteiger partial charge in [-0.2, -0.15) is 5.10 Å². The Morgan fingerprint density at radius 2 is 2.12 bits per heavy atom. The van der Waals surface area contributed by atoms with Crippen LogP contribution >= 0.6 is 0 Å². The second kappa shape index (κ2) is 4.96. The van der Waals surface area contributed by atoms with Gasteiger partial charge in [-0.05, 0) is 33.3 Å². The van der Waals surface area contributed by atoms with Crippen molar-refractivity contribution in [2.24, 2.45) is 7.05 Å². The average molecular weight is 222 g/mol. The summed E-state index contributed by atoms with van der Waals surface area (Å²) < 4.78 is 6.71. The van der Waals surface area contributed by atoms with E-state index in [0.717, 1.165) is 16.8 Å². The third-order valence-corrected chi connectivity index (χ3v) is 2.56. The van der Waals surface area contributed by atoms with Crippen LogP contribution in [0.4, 0.5) is 0 Å². The van der Waals surface area contributed by atoms with E-state index in [0.29, 0.717) is 12.2 Å². The lowest BCUT2D eigenvalue weighted by molar-refractivity contribution is -0.138. The first kappa shape index (κ1) is 12.5. The standard InChI is InChI=1S/C12H18N2O2/c1-6-16-12(15)9(3)8(2)11-7-14(5)13-10(11)4/h7H,6H2,1-5H3. The number of allylic oxidation sites excluding steroid dienone is 1. The minimum Gasteiger partial charge on any atom is -0.463 e. The summed E-state index contributed by atoms with van der Waals surface area (Å²) in [5.41, 5.74) is 3.47. The van der Waals surface area contributed by atoms with Crippen molar-refractivity contribution in [3.05, 3.63) is 23.0 Å². The molecule has 0 atom stereocenters. The number of rotatable bonds is 3. The molecular formula is C12H18N2O2. The third kappa shape index (κ3) is 2.51. The number of esters is 1. The van der Waals surface area contributed by atoms with Gasteiger partial charge in [-0.3, -0.25) is 4.68 Å². The van der Waals surface area contributed by atoms with Crippen LogP contribution in [0.25, 0.3) is 5.57 Å². The number of carbonyl (C=O) groups excluding carboxylic acids is 1. The molecule has 0 N–H and O–H groups in total. The quantitative estimate of drug-likeness (QED) is 0.581. The van der Waals surface area contributed by atoms with E-state index in [1.54, 1.807) is 18.5 Å². The fourth-order valence-electron chi connectivity index (χ4n) is 1.56. The molecule has 0 saturated heterocycles. The maximum absolute atomic E-state index is 11.6. The van der Waals surface area contributed by atoms with Crippen molar-refractivity contribution in [2.75, 3.05) is 6.61 Å². The molecule has 4 nitrogen and oxygen atoms in total. The van der Waals surface area contributed by atoms with Crippen LogP contribution in [0.15, 0.2) is 11.8 Å². The zero-order valence-electron chi connectivity index (χ0n) is 10.5. The Kier molecular flexibility index (Phi) is 3.88. The molecule has 1 heterocycles. The van der Waals surface area contributed by atoms with Crippen molar-refractivity contribution in [1.82, 2.24) is 9.78 Å². The molecule has 0 aliphatic rings. The van der Waals surface area contributed by atoms with Gasteiger partial charge in [0, 0.05) is 24.4 Å². The van der Waals surface area contributed by atoms with Crippen LogP contribution in [-0.4, -0.2) is 22.4 Å². The van der Waals surface area contributed by atoms with Crippen LogP contribution in [0.1, 0.15) is 32.0 Å². The van der Waals surface area contributed by atoms with Crippen LogP contribution in [-0.2, 0) is 16.6 Å². The summed E-state index contributed by atoms with van der Waals surface area (Å²) in [4.78, 5) is 11.6. The zero-order chi connectivity index (χ0) is 12.3. The Morgan fingerprint density at radius 1 is 1.50 bits per heavy atom. The largest absolute Gasteiger partial charge is 0.463 e. The molecule has 4 heteroatoms. The SMILES string of the molecule is CCOC(=O)C(C)=C(C)c1cn(C)nc1C. The van der Waals surface area contributed by atoms with Crippen molar-refractivity contribution in [3.63, 3.8) is 0 Å². The first-order chi connectivity index (χ1) is 7.47. The van der Waals surface area contributed by atoms with Gasteiger partial charge in [0.25, 0.3) is 0 Å². The topological polar surface area (TPSA) is 44.1 Å². The summed E-state index contributed by atoms with van der Waals surface area (Å²) in [6.45, 7) is 7.82. The predicted molar refractivity (Wildman–Crippen MR) is 62.8 cm³/mol. The van der Waals surface area contributed by atoms with Crippen molar-refractivity contribution in [3.8, 4) is 0 Å². The van der Waals surface area contributed by atoms with E-state index in [9.17, 15) is 4.79 Å². The van der Waals surface area contributed by atoms with Crippen LogP contribution in [0.3, 0.4) is 0 Å². The molecule has 0 bridgehead atoms. The fraction of sp³-hybridized carbons (Fsp3) is 0.500. The number of carbonyl (C=O) groups is 1. The number of nitrogens with zero attached hydrogens (tertiary/aromatic N) is 2. The van der Waals surface area contributed by atoms with Crippen LogP contribution in [0.2, 0.25) is 0 Å². The minimum atomic E-state index is -0.261. The van der Waals surface area contributed by atoms with Crippen molar-refractivity contribution < 1.29 is 9.53 Å². The minimum absolute atomic E-state index is 0.261. The summed E-state index contributed by atoms with van der Waals surface area (Å²) in [5, 5.41) is 4.25. The highest BCUT2D eigenvalue weighted by Gasteiger charge is 2.13. The third-order valence-electron chi connectivity index (χ3n) is 2.56. The number of hydrogen-bond acceptors (Lipinski definition) is 3. The predicted octanol–water partition coefficient (Wildman–Crippen LogP) is 2.09. The van der Waals surface area contributed by atoms with Crippen molar-refractivity contribution >= 4 is 11.5 Å². The Hall–Kier alpha value is -1.58. The normalized spacial score (nSPS) is 12.3. The smallest absolute Gasteiger partial charge is 0.333 e. The van der Waals surface area contributed by atoms with Gasteiger partial charge in [0.2, 0.25) is 0 Å². The van der Waals surface area contributed by atoms with Crippen molar-refractivity contribution in [2.45, 2.75) is 27.7 Å². The van der Waals surface area contributed by atoms with Gasteiger partial charge in [-0.1, -0.05) is 0 Å². The second-order valence-electron chi connectivity index (χ2n) is 3.77. The van der Waals surface area contributed by atoms with Gasteiger partial charge in [0.1, 0.15) is 0 Å². The molecule has 88 valence electrons. The van der Waals surface area contributed by atoms with Gasteiger partial charge in [0.15, 0.2) is 0 Å². The van der Waals surface area contributed by atoms with Crippen LogP contribution in [0, 0.1) is 6.92 Å². The van der Waals surface area contributed by atoms with Crippen LogP contribution < -0.4 is 0 Å². The van der Waals surface area contributed by atoms with Gasteiger partial charge < -0.3 is 4.74 Å². The van der Waals surface area contributed by atoms with E-state index in [-0.39, 0.29) is 5.97 Å².